The number of alkyl carbamates (subject to hydrolysis) is 2. The molecule has 4 amide bonds. The Balaban J connectivity index is 0.965. The highest BCUT2D eigenvalue weighted by Gasteiger charge is 2.41. The molecule has 0 aliphatic carbocycles. The van der Waals surface area contributed by atoms with Gasteiger partial charge in [-0.25, -0.2) is 28.3 Å². The van der Waals surface area contributed by atoms with Crippen LogP contribution in [0.2, 0.25) is 0 Å². The molecular weight excluding hydrogens is 961 g/mol. The third-order valence-electron chi connectivity index (χ3n) is 15.9. The molecule has 3 aromatic heterocycles. The number of pyridine rings is 1. The van der Waals surface area contributed by atoms with Crippen LogP contribution >= 0.6 is 0 Å². The van der Waals surface area contributed by atoms with Gasteiger partial charge in [0.05, 0.1) is 60.5 Å². The minimum atomic E-state index is -0.770. The van der Waals surface area contributed by atoms with Gasteiger partial charge in [0.1, 0.15) is 29.4 Å². The van der Waals surface area contributed by atoms with Crippen LogP contribution in [-0.4, -0.2) is 111 Å². The van der Waals surface area contributed by atoms with Gasteiger partial charge in [-0.2, -0.15) is 0 Å². The van der Waals surface area contributed by atoms with Crippen molar-refractivity contribution in [3.8, 4) is 0 Å². The van der Waals surface area contributed by atoms with Crippen molar-refractivity contribution < 1.29 is 37.4 Å². The predicted molar refractivity (Wildman–Crippen MR) is 280 cm³/mol. The number of rotatable bonds is 13. The topological polar surface area (TPSA) is 194 Å². The molecule has 17 nitrogen and oxygen atoms in total. The van der Waals surface area contributed by atoms with Crippen molar-refractivity contribution in [3.63, 3.8) is 0 Å². The third kappa shape index (κ3) is 10.2. The lowest BCUT2D eigenvalue weighted by Gasteiger charge is -2.36. The van der Waals surface area contributed by atoms with E-state index >= 15 is 8.78 Å². The Morgan fingerprint density at radius 2 is 1.12 bits per heavy atom. The minimum absolute atomic E-state index is 0.0243. The number of anilines is 2. The number of carbonyl (C=O) groups is 4. The van der Waals surface area contributed by atoms with E-state index in [0.29, 0.717) is 69.2 Å². The lowest BCUT2D eigenvalue weighted by atomic mass is 9.92. The highest BCUT2D eigenvalue weighted by atomic mass is 19.1. The molecule has 3 aromatic carbocycles. The van der Waals surface area contributed by atoms with Gasteiger partial charge >= 0.3 is 12.2 Å². The van der Waals surface area contributed by atoms with Crippen LogP contribution in [0.25, 0.3) is 22.1 Å². The molecule has 396 valence electrons. The number of carbonyl (C=O) groups excluding carboxylic acids is 4. The van der Waals surface area contributed by atoms with Crippen LogP contribution in [0.15, 0.2) is 72.9 Å². The molecule has 0 bridgehead atoms. The van der Waals surface area contributed by atoms with Gasteiger partial charge in [-0.1, -0.05) is 45.9 Å². The Morgan fingerprint density at radius 1 is 0.627 bits per heavy atom. The van der Waals surface area contributed by atoms with Crippen LogP contribution in [-0.2, 0) is 19.1 Å². The van der Waals surface area contributed by atoms with Crippen molar-refractivity contribution >= 4 is 57.4 Å². The molecule has 6 aromatic rings. The molecule has 75 heavy (non-hydrogen) atoms. The smallest absolute Gasteiger partial charge is 0.407 e. The third-order valence-corrected chi connectivity index (χ3v) is 15.9. The second-order valence-corrected chi connectivity index (χ2v) is 21.2. The van der Waals surface area contributed by atoms with Crippen LogP contribution in [0.1, 0.15) is 138 Å². The van der Waals surface area contributed by atoms with E-state index in [0.717, 1.165) is 64.6 Å². The molecule has 0 unspecified atom stereocenters. The summed E-state index contributed by atoms with van der Waals surface area (Å²) < 4.78 is 43.3. The van der Waals surface area contributed by atoms with E-state index in [1.165, 1.54) is 26.4 Å². The summed E-state index contributed by atoms with van der Waals surface area (Å²) in [5, 5.41) is 5.43. The molecule has 4 fully saturated rings. The number of aromatic nitrogens is 5. The molecule has 19 heteroatoms. The Labute approximate surface area is 435 Å². The monoisotopic (exact) mass is 1030 g/mol. The molecule has 0 saturated carbocycles. The van der Waals surface area contributed by atoms with Crippen molar-refractivity contribution in [3.05, 3.63) is 113 Å². The summed E-state index contributed by atoms with van der Waals surface area (Å²) in [6.45, 7) is 9.55. The van der Waals surface area contributed by atoms with Crippen LogP contribution in [0.3, 0.4) is 0 Å². The number of methoxy groups -OCH3 is 2. The maximum absolute atomic E-state index is 16.8. The number of hydrogen-bond donors (Lipinski definition) is 4. The van der Waals surface area contributed by atoms with E-state index < -0.39 is 35.9 Å². The number of hydrogen-bond acceptors (Lipinski definition) is 11. The number of ether oxygens (including phenoxy) is 2. The standard InChI is InChI=1S/C56H67F2N11O6/c1-31(2)48(64-55(72)74-5)53(70)67-23-9-12-46(67)51-60-40-16-14-34(27-42(40)62-51)44-18-19-45(69(44)36-29-37(57)50(38(58)30-36)66-25-20-33(21-26-66)39-11-7-8-22-59-39)35-15-17-41-43(28-35)63-52(61-41)47-13-10-24-68(47)54(71)49(32(3)4)65-56(73)75-6/h7-8,11,14-17,22,27-33,44-49H,9-10,12-13,18-21,23-26H2,1-6H3,(H,60,62)(H,61,63)(H,64,72)(H,65,73)/t44-,45-,46+,47+,48+,49+/m1/s1. The number of nitrogens with zero attached hydrogens (tertiary/aromatic N) is 7. The fraction of sp³-hybridized carbons (Fsp3) is 0.482. The molecule has 0 radical (unpaired) electrons. The molecule has 10 rings (SSSR count). The molecular formula is C56H67F2N11O6. The maximum Gasteiger partial charge on any atom is 0.407 e. The van der Waals surface area contributed by atoms with Gasteiger partial charge in [-0.05, 0) is 123 Å². The number of H-pyrrole nitrogens is 2. The molecule has 4 N–H and O–H groups in total. The number of aromatic amines is 2. The average molecular weight is 1030 g/mol. The van der Waals surface area contributed by atoms with Crippen LogP contribution in [0.4, 0.5) is 29.7 Å². The summed E-state index contributed by atoms with van der Waals surface area (Å²) in [6.07, 6.45) is 6.17. The predicted octanol–water partition coefficient (Wildman–Crippen LogP) is 9.67. The van der Waals surface area contributed by atoms with E-state index in [-0.39, 0.29) is 59.4 Å². The number of piperidine rings is 1. The van der Waals surface area contributed by atoms with E-state index in [9.17, 15) is 19.2 Å². The number of benzene rings is 3. The minimum Gasteiger partial charge on any atom is -0.453 e. The number of halogens is 2. The number of imidazole rings is 2. The summed E-state index contributed by atoms with van der Waals surface area (Å²) in [5.41, 5.74) is 6.23. The zero-order valence-electron chi connectivity index (χ0n) is 43.4. The van der Waals surface area contributed by atoms with Gasteiger partial charge in [0.25, 0.3) is 0 Å². The second-order valence-electron chi connectivity index (χ2n) is 21.2. The van der Waals surface area contributed by atoms with Crippen molar-refractivity contribution in [2.45, 2.75) is 121 Å². The van der Waals surface area contributed by atoms with Crippen LogP contribution in [0, 0.1) is 23.5 Å². The fourth-order valence-electron chi connectivity index (χ4n) is 12.1. The molecule has 4 aliphatic rings. The number of likely N-dealkylation sites (tertiary alicyclic amines) is 2. The highest BCUT2D eigenvalue weighted by Crippen LogP contribution is 2.49. The van der Waals surface area contributed by atoms with E-state index in [1.807, 2.05) is 75.1 Å². The summed E-state index contributed by atoms with van der Waals surface area (Å²) in [7, 11) is 2.55. The first kappa shape index (κ1) is 51.2. The normalized spacial score (nSPS) is 21.1. The lowest BCUT2D eigenvalue weighted by molar-refractivity contribution is -0.136. The molecule has 0 spiro atoms. The van der Waals surface area contributed by atoms with Crippen LogP contribution < -0.4 is 20.4 Å². The Kier molecular flexibility index (Phi) is 14.7. The van der Waals surface area contributed by atoms with Crippen molar-refractivity contribution in [1.29, 1.82) is 0 Å². The number of fused-ring (bicyclic) bond motifs is 2. The van der Waals surface area contributed by atoms with Crippen LogP contribution in [0.5, 0.6) is 0 Å². The van der Waals surface area contributed by atoms with E-state index in [1.54, 1.807) is 16.0 Å². The Hall–Kier alpha value is -7.31. The molecule has 4 saturated heterocycles. The van der Waals surface area contributed by atoms with Gasteiger partial charge in [0.15, 0.2) is 11.6 Å². The number of nitrogens with one attached hydrogen (secondary N) is 4. The van der Waals surface area contributed by atoms with E-state index in [2.05, 4.69) is 42.6 Å². The first-order valence-corrected chi connectivity index (χ1v) is 26.4. The first-order valence-electron chi connectivity index (χ1n) is 26.4. The zero-order chi connectivity index (χ0) is 52.7. The van der Waals surface area contributed by atoms with Crippen molar-refractivity contribution in [2.24, 2.45) is 11.8 Å². The maximum atomic E-state index is 16.8. The summed E-state index contributed by atoms with van der Waals surface area (Å²) in [4.78, 5) is 81.5. The first-order chi connectivity index (χ1) is 36.2. The molecule has 6 atom stereocenters. The Bertz CT molecular complexity index is 2900. The van der Waals surface area contributed by atoms with Gasteiger partial charge in [-0.3, -0.25) is 14.6 Å². The van der Waals surface area contributed by atoms with Gasteiger partial charge in [0, 0.05) is 49.7 Å². The largest absolute Gasteiger partial charge is 0.453 e. The number of amides is 4. The van der Waals surface area contributed by atoms with Crippen molar-refractivity contribution in [2.75, 3.05) is 50.2 Å². The van der Waals surface area contributed by atoms with Gasteiger partial charge < -0.3 is 49.7 Å². The Morgan fingerprint density at radius 3 is 1.56 bits per heavy atom. The average Bonchev–Trinajstić information content (AvgIpc) is 4.28. The van der Waals surface area contributed by atoms with E-state index in [4.69, 9.17) is 19.4 Å². The highest BCUT2D eigenvalue weighted by molar-refractivity contribution is 5.88. The summed E-state index contributed by atoms with van der Waals surface area (Å²) >= 11 is 0. The summed E-state index contributed by atoms with van der Waals surface area (Å²) in [5.74, 6) is -0.490. The quantitative estimate of drug-likeness (QED) is 0.0861. The lowest BCUT2D eigenvalue weighted by Crippen LogP contribution is -2.51. The fourth-order valence-corrected chi connectivity index (χ4v) is 12.1. The second kappa shape index (κ2) is 21.5. The molecule has 4 aliphatic heterocycles. The van der Waals surface area contributed by atoms with Gasteiger partial charge in [-0.15, -0.1) is 0 Å². The van der Waals surface area contributed by atoms with Gasteiger partial charge in [0.2, 0.25) is 11.8 Å². The SMILES string of the molecule is COC(=O)N[C@H](C(=O)N1CCC[C@H]1c1nc2ccc([C@H]3CC[C@H](c4ccc5nc([C@@H]6CCCN6C(=O)[C@@H](NC(=O)OC)C(C)C)[nH]c5c4)N3c3cc(F)c(N4CCC(c5ccccn5)CC4)c(F)c3)cc2[nH]1)C(C)C. The molecule has 7 heterocycles. The summed E-state index contributed by atoms with van der Waals surface area (Å²) in [6, 6.07) is 18.1. The van der Waals surface area contributed by atoms with Crippen molar-refractivity contribution in [1.82, 2.24) is 45.4 Å². The zero-order valence-corrected chi connectivity index (χ0v) is 43.4.